The minimum Gasteiger partial charge on any atom is -0.308 e. The lowest BCUT2D eigenvalue weighted by Gasteiger charge is -2.49. The van der Waals surface area contributed by atoms with Crippen molar-refractivity contribution < 1.29 is 0 Å². The standard InChI is InChI=1S/C17H29ClN2S/c1-5-13(4)15-10-19-17(6-2,7-3)12-20(15)11-14-8-9-16(18)21-14/h8-9,13,15,19H,5-7,10-12H2,1-4H3. The lowest BCUT2D eigenvalue weighted by atomic mass is 9.85. The van der Waals surface area contributed by atoms with Crippen LogP contribution in [0.4, 0.5) is 0 Å². The maximum absolute atomic E-state index is 6.10. The molecule has 120 valence electrons. The number of halogens is 1. The molecule has 0 saturated carbocycles. The van der Waals surface area contributed by atoms with Crippen molar-refractivity contribution in [3.8, 4) is 0 Å². The fraction of sp³-hybridized carbons (Fsp3) is 0.765. The molecule has 2 atom stereocenters. The van der Waals surface area contributed by atoms with Crippen molar-refractivity contribution in [2.45, 2.75) is 65.1 Å². The van der Waals surface area contributed by atoms with Gasteiger partial charge in [0.15, 0.2) is 0 Å². The first-order valence-corrected chi connectivity index (χ1v) is 9.46. The van der Waals surface area contributed by atoms with Crippen LogP contribution in [-0.4, -0.2) is 29.6 Å². The molecule has 0 radical (unpaired) electrons. The van der Waals surface area contributed by atoms with E-state index in [1.165, 1.54) is 24.1 Å². The van der Waals surface area contributed by atoms with Crippen LogP contribution >= 0.6 is 22.9 Å². The van der Waals surface area contributed by atoms with E-state index >= 15 is 0 Å². The fourth-order valence-electron chi connectivity index (χ4n) is 3.38. The Morgan fingerprint density at radius 1 is 1.38 bits per heavy atom. The van der Waals surface area contributed by atoms with Gasteiger partial charge in [-0.25, -0.2) is 0 Å². The number of nitrogens with zero attached hydrogens (tertiary/aromatic N) is 1. The zero-order valence-corrected chi connectivity index (χ0v) is 15.4. The molecular weight excluding hydrogens is 300 g/mol. The highest BCUT2D eigenvalue weighted by Gasteiger charge is 2.38. The van der Waals surface area contributed by atoms with E-state index < -0.39 is 0 Å². The highest BCUT2D eigenvalue weighted by Crippen LogP contribution is 2.30. The molecule has 4 heteroatoms. The van der Waals surface area contributed by atoms with Gasteiger partial charge in [-0.2, -0.15) is 0 Å². The van der Waals surface area contributed by atoms with Crippen molar-refractivity contribution in [3.05, 3.63) is 21.3 Å². The van der Waals surface area contributed by atoms with Gasteiger partial charge in [0.05, 0.1) is 4.34 Å². The van der Waals surface area contributed by atoms with Gasteiger partial charge in [-0.1, -0.05) is 45.7 Å². The average molecular weight is 329 g/mol. The Balaban J connectivity index is 2.16. The molecule has 2 unspecified atom stereocenters. The van der Waals surface area contributed by atoms with Gasteiger partial charge in [-0.15, -0.1) is 11.3 Å². The molecule has 0 aliphatic carbocycles. The zero-order valence-electron chi connectivity index (χ0n) is 13.8. The van der Waals surface area contributed by atoms with Crippen molar-refractivity contribution in [1.29, 1.82) is 0 Å². The first-order chi connectivity index (χ1) is 10.0. The van der Waals surface area contributed by atoms with Gasteiger partial charge in [0, 0.05) is 36.1 Å². The number of piperazine rings is 1. The van der Waals surface area contributed by atoms with Crippen LogP contribution in [0.15, 0.2) is 12.1 Å². The molecule has 21 heavy (non-hydrogen) atoms. The molecule has 1 aromatic rings. The number of hydrogen-bond donors (Lipinski definition) is 1. The monoisotopic (exact) mass is 328 g/mol. The Hall–Kier alpha value is -0.0900. The van der Waals surface area contributed by atoms with Crippen LogP contribution in [0, 0.1) is 5.92 Å². The smallest absolute Gasteiger partial charge is 0.0931 e. The van der Waals surface area contributed by atoms with Gasteiger partial charge >= 0.3 is 0 Å². The van der Waals surface area contributed by atoms with E-state index in [0.717, 1.165) is 29.9 Å². The average Bonchev–Trinajstić information content (AvgIpc) is 2.91. The van der Waals surface area contributed by atoms with Crippen molar-refractivity contribution in [1.82, 2.24) is 10.2 Å². The molecule has 0 bridgehead atoms. The third kappa shape index (κ3) is 4.01. The molecule has 1 fully saturated rings. The fourth-order valence-corrected chi connectivity index (χ4v) is 4.49. The summed E-state index contributed by atoms with van der Waals surface area (Å²) in [4.78, 5) is 4.08. The topological polar surface area (TPSA) is 15.3 Å². The lowest BCUT2D eigenvalue weighted by Crippen LogP contribution is -2.64. The normalized spacial score (nSPS) is 24.1. The van der Waals surface area contributed by atoms with Crippen LogP contribution in [0.3, 0.4) is 0 Å². The number of rotatable bonds is 6. The Bertz CT molecular complexity index is 442. The van der Waals surface area contributed by atoms with Gasteiger partial charge in [0.1, 0.15) is 0 Å². The van der Waals surface area contributed by atoms with Crippen LogP contribution in [0.1, 0.15) is 51.8 Å². The molecule has 0 amide bonds. The van der Waals surface area contributed by atoms with E-state index in [4.69, 9.17) is 11.6 Å². The number of hydrogen-bond acceptors (Lipinski definition) is 3. The summed E-state index contributed by atoms with van der Waals surface area (Å²) < 4.78 is 0.900. The summed E-state index contributed by atoms with van der Waals surface area (Å²) in [5.74, 6) is 0.722. The molecule has 1 aliphatic rings. The van der Waals surface area contributed by atoms with E-state index in [1.807, 2.05) is 6.07 Å². The molecule has 2 heterocycles. The molecule has 0 spiro atoms. The molecular formula is C17H29ClN2S. The van der Waals surface area contributed by atoms with Crippen molar-refractivity contribution >= 4 is 22.9 Å². The van der Waals surface area contributed by atoms with Gasteiger partial charge in [0.2, 0.25) is 0 Å². The third-order valence-electron chi connectivity index (χ3n) is 5.30. The van der Waals surface area contributed by atoms with Crippen molar-refractivity contribution in [2.24, 2.45) is 5.92 Å². The Morgan fingerprint density at radius 3 is 2.62 bits per heavy atom. The number of nitrogens with one attached hydrogen (secondary N) is 1. The molecule has 0 aromatic carbocycles. The van der Waals surface area contributed by atoms with Crippen LogP contribution in [-0.2, 0) is 6.54 Å². The zero-order chi connectivity index (χ0) is 15.5. The summed E-state index contributed by atoms with van der Waals surface area (Å²) in [7, 11) is 0. The Morgan fingerprint density at radius 2 is 2.10 bits per heavy atom. The predicted octanol–water partition coefficient (Wildman–Crippen LogP) is 4.78. The first kappa shape index (κ1) is 17.3. The summed E-state index contributed by atoms with van der Waals surface area (Å²) in [6.45, 7) is 12.6. The second-order valence-corrected chi connectivity index (χ2v) is 8.23. The lowest BCUT2D eigenvalue weighted by molar-refractivity contribution is 0.0403. The van der Waals surface area contributed by atoms with E-state index in [2.05, 4.69) is 44.0 Å². The Kier molecular flexibility index (Phi) is 6.13. The summed E-state index contributed by atoms with van der Waals surface area (Å²) in [5.41, 5.74) is 0.283. The first-order valence-electron chi connectivity index (χ1n) is 8.26. The maximum atomic E-state index is 6.10. The van der Waals surface area contributed by atoms with Crippen molar-refractivity contribution in [3.63, 3.8) is 0 Å². The highest BCUT2D eigenvalue weighted by molar-refractivity contribution is 7.16. The van der Waals surface area contributed by atoms with Crippen LogP contribution in [0.5, 0.6) is 0 Å². The van der Waals surface area contributed by atoms with Crippen LogP contribution in [0.25, 0.3) is 0 Å². The minimum atomic E-state index is 0.283. The summed E-state index contributed by atoms with van der Waals surface area (Å²) in [6, 6.07) is 4.83. The second-order valence-electron chi connectivity index (χ2n) is 6.43. The molecule has 1 N–H and O–H groups in total. The second kappa shape index (κ2) is 7.45. The molecule has 1 saturated heterocycles. The third-order valence-corrected chi connectivity index (χ3v) is 6.52. The molecule has 1 aromatic heterocycles. The Labute approximate surface area is 138 Å². The van der Waals surface area contributed by atoms with Crippen molar-refractivity contribution in [2.75, 3.05) is 13.1 Å². The summed E-state index contributed by atoms with van der Waals surface area (Å²) in [6.07, 6.45) is 3.62. The van der Waals surface area contributed by atoms with Gasteiger partial charge in [-0.3, -0.25) is 4.90 Å². The summed E-state index contributed by atoms with van der Waals surface area (Å²) in [5, 5.41) is 3.85. The quantitative estimate of drug-likeness (QED) is 0.808. The maximum Gasteiger partial charge on any atom is 0.0931 e. The van der Waals surface area contributed by atoms with Crippen LogP contribution < -0.4 is 5.32 Å². The molecule has 2 rings (SSSR count). The van der Waals surface area contributed by atoms with E-state index in [9.17, 15) is 0 Å². The largest absolute Gasteiger partial charge is 0.308 e. The number of thiophene rings is 1. The van der Waals surface area contributed by atoms with E-state index in [1.54, 1.807) is 11.3 Å². The van der Waals surface area contributed by atoms with Gasteiger partial charge < -0.3 is 5.32 Å². The van der Waals surface area contributed by atoms with E-state index in [0.29, 0.717) is 6.04 Å². The SMILES string of the molecule is CCC(C)C1CNC(CC)(CC)CN1Cc1ccc(Cl)s1. The minimum absolute atomic E-state index is 0.283. The van der Waals surface area contributed by atoms with Gasteiger partial charge in [0.25, 0.3) is 0 Å². The summed E-state index contributed by atoms with van der Waals surface area (Å²) >= 11 is 7.82. The van der Waals surface area contributed by atoms with Crippen LogP contribution in [0.2, 0.25) is 4.34 Å². The molecule has 2 nitrogen and oxygen atoms in total. The molecule has 1 aliphatic heterocycles. The highest BCUT2D eigenvalue weighted by atomic mass is 35.5. The van der Waals surface area contributed by atoms with Gasteiger partial charge in [-0.05, 0) is 30.9 Å². The van der Waals surface area contributed by atoms with E-state index in [-0.39, 0.29) is 5.54 Å². The predicted molar refractivity (Wildman–Crippen MR) is 94.3 cm³/mol.